The van der Waals surface area contributed by atoms with Gasteiger partial charge in [-0.2, -0.15) is 0 Å². The molecule has 2 rings (SSSR count). The molecule has 5 heteroatoms. The van der Waals surface area contributed by atoms with Crippen molar-refractivity contribution in [3.8, 4) is 0 Å². The largest absolute Gasteiger partial charge is 0.480 e. The van der Waals surface area contributed by atoms with Crippen LogP contribution in [0.25, 0.3) is 0 Å². The maximum atomic E-state index is 11.9. The number of rotatable bonds is 5. The highest BCUT2D eigenvalue weighted by atomic mass is 16.5. The molecule has 0 aliphatic heterocycles. The third-order valence-corrected chi connectivity index (χ3v) is 4.37. The van der Waals surface area contributed by atoms with Gasteiger partial charge in [0.2, 0.25) is 0 Å². The molecule has 0 heterocycles. The second-order valence-electron chi connectivity index (χ2n) is 6.13. The number of hydrogen-bond donors (Lipinski definition) is 2. The standard InChI is InChI=1S/C18H25NO4/c20-17(21)16(15-11-7-2-1-3-8-12-15)19-18(22)23-13-14-9-5-4-6-10-14/h4-6,9-10,15-16H,1-3,7-8,11-13H2,(H,19,22)(H,20,21). The van der Waals surface area contributed by atoms with Crippen LogP contribution in [-0.2, 0) is 16.1 Å². The Balaban J connectivity index is 1.87. The highest BCUT2D eigenvalue weighted by Gasteiger charge is 2.30. The molecule has 1 aliphatic carbocycles. The number of carboxylic acid groups (broad SMARTS) is 1. The van der Waals surface area contributed by atoms with Crippen LogP contribution >= 0.6 is 0 Å². The van der Waals surface area contributed by atoms with Gasteiger partial charge in [-0.25, -0.2) is 9.59 Å². The number of carbonyl (C=O) groups excluding carboxylic acids is 1. The molecule has 1 saturated carbocycles. The van der Waals surface area contributed by atoms with E-state index in [2.05, 4.69) is 5.32 Å². The Morgan fingerprint density at radius 2 is 1.70 bits per heavy atom. The molecular weight excluding hydrogens is 294 g/mol. The summed E-state index contributed by atoms with van der Waals surface area (Å²) in [6.45, 7) is 0.143. The zero-order valence-corrected chi connectivity index (χ0v) is 13.4. The van der Waals surface area contributed by atoms with Crippen LogP contribution < -0.4 is 5.32 Å². The van der Waals surface area contributed by atoms with Crippen molar-refractivity contribution in [2.45, 2.75) is 57.6 Å². The van der Waals surface area contributed by atoms with E-state index in [9.17, 15) is 14.7 Å². The smallest absolute Gasteiger partial charge is 0.408 e. The number of hydrogen-bond acceptors (Lipinski definition) is 3. The minimum Gasteiger partial charge on any atom is -0.480 e. The van der Waals surface area contributed by atoms with Crippen molar-refractivity contribution < 1.29 is 19.4 Å². The van der Waals surface area contributed by atoms with Crippen molar-refractivity contribution in [2.75, 3.05) is 0 Å². The van der Waals surface area contributed by atoms with Crippen molar-refractivity contribution in [2.24, 2.45) is 5.92 Å². The van der Waals surface area contributed by atoms with Crippen molar-refractivity contribution in [3.63, 3.8) is 0 Å². The van der Waals surface area contributed by atoms with Crippen molar-refractivity contribution in [1.82, 2.24) is 5.32 Å². The van der Waals surface area contributed by atoms with E-state index in [0.29, 0.717) is 0 Å². The van der Waals surface area contributed by atoms with E-state index in [1.807, 2.05) is 30.3 Å². The lowest BCUT2D eigenvalue weighted by molar-refractivity contribution is -0.141. The Morgan fingerprint density at radius 3 is 2.30 bits per heavy atom. The normalized spacial score (nSPS) is 17.6. The maximum Gasteiger partial charge on any atom is 0.408 e. The van der Waals surface area contributed by atoms with Crippen LogP contribution in [0.3, 0.4) is 0 Å². The van der Waals surface area contributed by atoms with Crippen LogP contribution in [-0.4, -0.2) is 23.2 Å². The summed E-state index contributed by atoms with van der Waals surface area (Å²) >= 11 is 0. The fourth-order valence-electron chi connectivity index (χ4n) is 3.09. The molecule has 23 heavy (non-hydrogen) atoms. The first kappa shape index (κ1) is 17.3. The first-order chi connectivity index (χ1) is 11.2. The first-order valence-corrected chi connectivity index (χ1v) is 8.37. The molecule has 0 bridgehead atoms. The highest BCUT2D eigenvalue weighted by Crippen LogP contribution is 2.25. The molecule has 1 amide bonds. The number of aliphatic carboxylic acids is 1. The predicted molar refractivity (Wildman–Crippen MR) is 87.0 cm³/mol. The predicted octanol–water partition coefficient (Wildman–Crippen LogP) is 3.73. The molecule has 0 spiro atoms. The summed E-state index contributed by atoms with van der Waals surface area (Å²) in [6, 6.07) is 8.47. The molecule has 1 aromatic carbocycles. The number of amides is 1. The van der Waals surface area contributed by atoms with Crippen LogP contribution in [0.2, 0.25) is 0 Å². The monoisotopic (exact) mass is 319 g/mol. The van der Waals surface area contributed by atoms with E-state index in [1.165, 1.54) is 6.42 Å². The quantitative estimate of drug-likeness (QED) is 0.867. The fourth-order valence-corrected chi connectivity index (χ4v) is 3.09. The van der Waals surface area contributed by atoms with Gasteiger partial charge in [0.05, 0.1) is 0 Å². The van der Waals surface area contributed by atoms with Gasteiger partial charge in [-0.3, -0.25) is 0 Å². The van der Waals surface area contributed by atoms with Gasteiger partial charge in [0.15, 0.2) is 0 Å². The van der Waals surface area contributed by atoms with E-state index in [-0.39, 0.29) is 12.5 Å². The van der Waals surface area contributed by atoms with Crippen molar-refractivity contribution in [3.05, 3.63) is 35.9 Å². The summed E-state index contributed by atoms with van der Waals surface area (Å²) in [5.41, 5.74) is 0.875. The summed E-state index contributed by atoms with van der Waals surface area (Å²) in [6.07, 6.45) is 6.57. The average Bonchev–Trinajstić information content (AvgIpc) is 2.52. The van der Waals surface area contributed by atoms with Gasteiger partial charge in [0, 0.05) is 0 Å². The van der Waals surface area contributed by atoms with Crippen LogP contribution in [0.5, 0.6) is 0 Å². The van der Waals surface area contributed by atoms with Crippen LogP contribution in [0.1, 0.15) is 50.5 Å². The van der Waals surface area contributed by atoms with Crippen LogP contribution in [0.15, 0.2) is 30.3 Å². The average molecular weight is 319 g/mol. The molecule has 2 N–H and O–H groups in total. The van der Waals surface area contributed by atoms with Gasteiger partial charge in [-0.15, -0.1) is 0 Å². The van der Waals surface area contributed by atoms with E-state index in [0.717, 1.165) is 44.1 Å². The second kappa shape index (κ2) is 9.18. The minimum absolute atomic E-state index is 0.0166. The Kier molecular flexibility index (Phi) is 6.91. The molecule has 5 nitrogen and oxygen atoms in total. The van der Waals surface area contributed by atoms with E-state index in [1.54, 1.807) is 0 Å². The summed E-state index contributed by atoms with van der Waals surface area (Å²) < 4.78 is 5.14. The Labute approximate surface area is 137 Å². The molecule has 1 unspecified atom stereocenters. The van der Waals surface area contributed by atoms with E-state index >= 15 is 0 Å². The number of ether oxygens (including phenoxy) is 1. The third-order valence-electron chi connectivity index (χ3n) is 4.37. The van der Waals surface area contributed by atoms with E-state index < -0.39 is 18.1 Å². The Hall–Kier alpha value is -2.04. The van der Waals surface area contributed by atoms with Gasteiger partial charge in [0.25, 0.3) is 0 Å². The summed E-state index contributed by atoms with van der Waals surface area (Å²) in [5.74, 6) is -0.996. The fraction of sp³-hybridized carbons (Fsp3) is 0.556. The molecule has 0 saturated heterocycles. The number of benzene rings is 1. The molecule has 1 aromatic rings. The minimum atomic E-state index is -0.979. The summed E-state index contributed by atoms with van der Waals surface area (Å²) in [5, 5.41) is 12.0. The molecule has 1 aliphatic rings. The second-order valence-corrected chi connectivity index (χ2v) is 6.13. The zero-order chi connectivity index (χ0) is 16.5. The van der Waals surface area contributed by atoms with Gasteiger partial charge >= 0.3 is 12.1 Å². The van der Waals surface area contributed by atoms with E-state index in [4.69, 9.17) is 4.74 Å². The SMILES string of the molecule is O=C(NC(C(=O)O)C1CCCCCCC1)OCc1ccccc1. The maximum absolute atomic E-state index is 11.9. The topological polar surface area (TPSA) is 75.6 Å². The van der Waals surface area contributed by atoms with Crippen molar-refractivity contribution >= 4 is 12.1 Å². The number of carbonyl (C=O) groups is 2. The third kappa shape index (κ3) is 5.93. The van der Waals surface area contributed by atoms with Crippen LogP contribution in [0, 0.1) is 5.92 Å². The molecular formula is C18H25NO4. The number of nitrogens with one attached hydrogen (secondary N) is 1. The number of alkyl carbamates (subject to hydrolysis) is 1. The lowest BCUT2D eigenvalue weighted by atomic mass is 9.86. The molecule has 0 radical (unpaired) electrons. The highest BCUT2D eigenvalue weighted by molar-refractivity contribution is 5.80. The first-order valence-electron chi connectivity index (χ1n) is 8.37. The van der Waals surface area contributed by atoms with Gasteiger partial charge in [-0.1, -0.05) is 62.4 Å². The summed E-state index contributed by atoms with van der Waals surface area (Å²) in [4.78, 5) is 23.5. The summed E-state index contributed by atoms with van der Waals surface area (Å²) in [7, 11) is 0. The molecule has 1 fully saturated rings. The Bertz CT molecular complexity index is 495. The molecule has 126 valence electrons. The van der Waals surface area contributed by atoms with Crippen molar-refractivity contribution in [1.29, 1.82) is 0 Å². The van der Waals surface area contributed by atoms with Crippen LogP contribution in [0.4, 0.5) is 4.79 Å². The zero-order valence-electron chi connectivity index (χ0n) is 13.4. The van der Waals surface area contributed by atoms with Gasteiger partial charge < -0.3 is 15.2 Å². The lowest BCUT2D eigenvalue weighted by Crippen LogP contribution is -2.46. The number of carboxylic acids is 1. The lowest BCUT2D eigenvalue weighted by Gasteiger charge is -2.26. The molecule has 0 aromatic heterocycles. The van der Waals surface area contributed by atoms with Gasteiger partial charge in [-0.05, 0) is 24.3 Å². The molecule has 1 atom stereocenters. The Morgan fingerprint density at radius 1 is 1.09 bits per heavy atom. The van der Waals surface area contributed by atoms with Gasteiger partial charge in [0.1, 0.15) is 12.6 Å².